The third-order valence-corrected chi connectivity index (χ3v) is 3.37. The average Bonchev–Trinajstić information content (AvgIpc) is 2.99. The number of methoxy groups -OCH3 is 1. The van der Waals surface area contributed by atoms with Gasteiger partial charge in [-0.05, 0) is 29.3 Å². The number of aromatic nitrogens is 4. The Kier molecular flexibility index (Phi) is 4.73. The van der Waals surface area contributed by atoms with E-state index in [9.17, 15) is 8.78 Å². The highest BCUT2D eigenvalue weighted by molar-refractivity contribution is 5.70. The molecule has 3 aromatic rings. The first-order valence-electron chi connectivity index (χ1n) is 7.28. The lowest BCUT2D eigenvalue weighted by Gasteiger charge is -2.11. The van der Waals surface area contributed by atoms with Gasteiger partial charge in [0.1, 0.15) is 12.1 Å². The maximum Gasteiger partial charge on any atom is 0.387 e. The molecular formula is C16H15F2N5O2. The van der Waals surface area contributed by atoms with E-state index >= 15 is 0 Å². The van der Waals surface area contributed by atoms with Crippen molar-refractivity contribution in [2.45, 2.75) is 13.2 Å². The standard InChI is InChI=1S/C16H15F2N5O2/c1-24-14-13(11-3-2-4-12(6-11)25-15(17)18)5-10(7-20-14)8-23-9-21-16(19)22-23/h2-7,9,15H,8H2,1H3,(H2,19,22). The second kappa shape index (κ2) is 7.12. The van der Waals surface area contributed by atoms with Crippen molar-refractivity contribution in [3.05, 3.63) is 48.4 Å². The van der Waals surface area contributed by atoms with Gasteiger partial charge in [0.15, 0.2) is 0 Å². The smallest absolute Gasteiger partial charge is 0.387 e. The van der Waals surface area contributed by atoms with Crippen LogP contribution in [0, 0.1) is 0 Å². The Balaban J connectivity index is 1.95. The molecule has 0 aliphatic carbocycles. The second-order valence-corrected chi connectivity index (χ2v) is 5.11. The second-order valence-electron chi connectivity index (χ2n) is 5.11. The topological polar surface area (TPSA) is 88.1 Å². The van der Waals surface area contributed by atoms with Crippen molar-refractivity contribution in [2.75, 3.05) is 12.8 Å². The predicted molar refractivity (Wildman–Crippen MR) is 86.4 cm³/mol. The summed E-state index contributed by atoms with van der Waals surface area (Å²) in [7, 11) is 1.49. The van der Waals surface area contributed by atoms with Crippen molar-refractivity contribution in [2.24, 2.45) is 0 Å². The zero-order valence-corrected chi connectivity index (χ0v) is 13.3. The Morgan fingerprint density at radius 1 is 1.24 bits per heavy atom. The van der Waals surface area contributed by atoms with Crippen LogP contribution >= 0.6 is 0 Å². The van der Waals surface area contributed by atoms with E-state index in [-0.39, 0.29) is 11.7 Å². The molecule has 0 aliphatic heterocycles. The molecule has 0 saturated carbocycles. The van der Waals surface area contributed by atoms with Gasteiger partial charge >= 0.3 is 6.61 Å². The van der Waals surface area contributed by atoms with Gasteiger partial charge in [0.2, 0.25) is 11.8 Å². The van der Waals surface area contributed by atoms with Crippen molar-refractivity contribution in [1.29, 1.82) is 0 Å². The molecule has 0 spiro atoms. The summed E-state index contributed by atoms with van der Waals surface area (Å²) in [6.45, 7) is -2.49. The van der Waals surface area contributed by atoms with Gasteiger partial charge in [0.05, 0.1) is 13.7 Å². The average molecular weight is 347 g/mol. The quantitative estimate of drug-likeness (QED) is 0.737. The van der Waals surface area contributed by atoms with E-state index in [0.717, 1.165) is 5.56 Å². The van der Waals surface area contributed by atoms with Gasteiger partial charge in [-0.2, -0.15) is 8.78 Å². The number of ether oxygens (including phenoxy) is 2. The van der Waals surface area contributed by atoms with Gasteiger partial charge in [-0.1, -0.05) is 12.1 Å². The first-order chi connectivity index (χ1) is 12.0. The summed E-state index contributed by atoms with van der Waals surface area (Å²) >= 11 is 0. The fourth-order valence-corrected chi connectivity index (χ4v) is 2.36. The van der Waals surface area contributed by atoms with Crippen LogP contribution in [0.15, 0.2) is 42.9 Å². The number of rotatable bonds is 6. The summed E-state index contributed by atoms with van der Waals surface area (Å²) in [5.74, 6) is 0.610. The summed E-state index contributed by atoms with van der Waals surface area (Å²) in [5.41, 5.74) is 7.61. The molecule has 25 heavy (non-hydrogen) atoms. The van der Waals surface area contributed by atoms with Gasteiger partial charge in [-0.25, -0.2) is 14.6 Å². The maximum absolute atomic E-state index is 12.4. The molecule has 2 heterocycles. The Bertz CT molecular complexity index is 869. The number of pyridine rings is 1. The first-order valence-corrected chi connectivity index (χ1v) is 7.28. The zero-order valence-electron chi connectivity index (χ0n) is 13.3. The van der Waals surface area contributed by atoms with Crippen LogP contribution in [-0.4, -0.2) is 33.5 Å². The summed E-state index contributed by atoms with van der Waals surface area (Å²) in [5, 5.41) is 4.02. The van der Waals surface area contributed by atoms with Crippen molar-refractivity contribution in [3.8, 4) is 22.8 Å². The van der Waals surface area contributed by atoms with Crippen molar-refractivity contribution >= 4 is 5.95 Å². The maximum atomic E-state index is 12.4. The third-order valence-electron chi connectivity index (χ3n) is 3.37. The minimum absolute atomic E-state index is 0.0593. The Labute approximate surface area is 142 Å². The fourth-order valence-electron chi connectivity index (χ4n) is 2.36. The molecule has 0 unspecified atom stereocenters. The first kappa shape index (κ1) is 16.6. The summed E-state index contributed by atoms with van der Waals surface area (Å²) < 4.78 is 36.1. The van der Waals surface area contributed by atoms with Crippen LogP contribution < -0.4 is 15.2 Å². The number of anilines is 1. The highest BCUT2D eigenvalue weighted by Gasteiger charge is 2.12. The highest BCUT2D eigenvalue weighted by Crippen LogP contribution is 2.31. The van der Waals surface area contributed by atoms with E-state index in [4.69, 9.17) is 10.5 Å². The third kappa shape index (κ3) is 4.00. The summed E-state index contributed by atoms with van der Waals surface area (Å²) in [4.78, 5) is 8.13. The molecular weight excluding hydrogens is 332 g/mol. The van der Waals surface area contributed by atoms with Crippen LogP contribution in [0.25, 0.3) is 11.1 Å². The molecule has 3 rings (SSSR count). The number of nitrogen functional groups attached to an aromatic ring is 1. The van der Waals surface area contributed by atoms with E-state index in [0.29, 0.717) is 23.6 Å². The number of alkyl halides is 2. The van der Waals surface area contributed by atoms with E-state index in [1.807, 2.05) is 6.07 Å². The molecule has 0 saturated heterocycles. The SMILES string of the molecule is COc1ncc(Cn2cnc(N)n2)cc1-c1cccc(OC(F)F)c1. The van der Waals surface area contributed by atoms with Gasteiger partial charge in [-0.3, -0.25) is 0 Å². The van der Waals surface area contributed by atoms with E-state index in [2.05, 4.69) is 19.8 Å². The van der Waals surface area contributed by atoms with Crippen LogP contribution in [0.1, 0.15) is 5.56 Å². The molecule has 0 fully saturated rings. The van der Waals surface area contributed by atoms with E-state index in [1.54, 1.807) is 23.0 Å². The Morgan fingerprint density at radius 2 is 2.08 bits per heavy atom. The minimum atomic E-state index is -2.89. The van der Waals surface area contributed by atoms with E-state index in [1.165, 1.54) is 25.6 Å². The molecule has 1 aromatic carbocycles. The van der Waals surface area contributed by atoms with E-state index < -0.39 is 6.61 Å². The minimum Gasteiger partial charge on any atom is -0.481 e. The number of nitrogens with two attached hydrogens (primary N) is 1. The zero-order chi connectivity index (χ0) is 17.8. The summed E-state index contributed by atoms with van der Waals surface area (Å²) in [6.07, 6.45) is 3.15. The lowest BCUT2D eigenvalue weighted by atomic mass is 10.0. The van der Waals surface area contributed by atoms with Gasteiger partial charge in [-0.15, -0.1) is 5.10 Å². The highest BCUT2D eigenvalue weighted by atomic mass is 19.3. The van der Waals surface area contributed by atoms with Crippen molar-refractivity contribution < 1.29 is 18.3 Å². The van der Waals surface area contributed by atoms with Crippen molar-refractivity contribution in [3.63, 3.8) is 0 Å². The number of hydrogen-bond acceptors (Lipinski definition) is 6. The predicted octanol–water partition coefficient (Wildman–Crippen LogP) is 2.58. The van der Waals surface area contributed by atoms with Crippen LogP contribution in [0.5, 0.6) is 11.6 Å². The van der Waals surface area contributed by atoms with Crippen LogP contribution in [0.2, 0.25) is 0 Å². The normalized spacial score (nSPS) is 10.9. The van der Waals surface area contributed by atoms with Gasteiger partial charge < -0.3 is 15.2 Å². The molecule has 130 valence electrons. The monoisotopic (exact) mass is 347 g/mol. The molecule has 0 atom stereocenters. The Morgan fingerprint density at radius 3 is 2.76 bits per heavy atom. The molecule has 2 N–H and O–H groups in total. The molecule has 0 radical (unpaired) electrons. The van der Waals surface area contributed by atoms with Gasteiger partial charge in [0, 0.05) is 11.8 Å². The van der Waals surface area contributed by atoms with Crippen molar-refractivity contribution in [1.82, 2.24) is 19.7 Å². The number of nitrogens with zero attached hydrogens (tertiary/aromatic N) is 4. The molecule has 0 bridgehead atoms. The molecule has 9 heteroatoms. The molecule has 0 aliphatic rings. The molecule has 2 aromatic heterocycles. The van der Waals surface area contributed by atoms with Crippen LogP contribution in [0.4, 0.5) is 14.7 Å². The molecule has 7 nitrogen and oxygen atoms in total. The fraction of sp³-hybridized carbons (Fsp3) is 0.188. The van der Waals surface area contributed by atoms with Crippen LogP contribution in [-0.2, 0) is 6.54 Å². The number of hydrogen-bond donors (Lipinski definition) is 1. The summed E-state index contributed by atoms with van der Waals surface area (Å²) in [6, 6.07) is 8.18. The van der Waals surface area contributed by atoms with Crippen LogP contribution in [0.3, 0.4) is 0 Å². The Hall–Kier alpha value is -3.23. The largest absolute Gasteiger partial charge is 0.481 e. The number of benzene rings is 1. The lowest BCUT2D eigenvalue weighted by Crippen LogP contribution is -2.03. The molecule has 0 amide bonds. The number of halogens is 2. The lowest BCUT2D eigenvalue weighted by molar-refractivity contribution is -0.0498. The van der Waals surface area contributed by atoms with Gasteiger partial charge in [0.25, 0.3) is 0 Å².